The van der Waals surface area contributed by atoms with E-state index in [1.54, 1.807) is 17.8 Å². The molecule has 0 saturated heterocycles. The smallest absolute Gasteiger partial charge is 0.279 e. The molecule has 2 aromatic rings. The van der Waals surface area contributed by atoms with Crippen LogP contribution in [0.5, 0.6) is 0 Å². The Labute approximate surface area is 111 Å². The van der Waals surface area contributed by atoms with E-state index in [0.717, 1.165) is 23.1 Å². The molecule has 1 saturated carbocycles. The van der Waals surface area contributed by atoms with Crippen LogP contribution in [0.15, 0.2) is 10.7 Å². The summed E-state index contributed by atoms with van der Waals surface area (Å²) in [5.41, 5.74) is 1.11. The number of nitrogens with one attached hydrogen (secondary N) is 2. The van der Waals surface area contributed by atoms with Gasteiger partial charge in [0.15, 0.2) is 11.5 Å². The van der Waals surface area contributed by atoms with Crippen molar-refractivity contribution in [2.45, 2.75) is 18.8 Å². The number of aryl methyl sites for hydroxylation is 1. The molecular weight excluding hydrogens is 300 g/mol. The van der Waals surface area contributed by atoms with Crippen molar-refractivity contribution in [1.29, 1.82) is 0 Å². The van der Waals surface area contributed by atoms with Crippen LogP contribution in [-0.4, -0.2) is 31.1 Å². The highest BCUT2D eigenvalue weighted by Gasteiger charge is 2.31. The lowest BCUT2D eigenvalue weighted by Gasteiger charge is -1.99. The van der Waals surface area contributed by atoms with E-state index in [0.29, 0.717) is 17.4 Å². The molecule has 94 valence electrons. The average molecular weight is 311 g/mol. The number of hydrogen-bond donors (Lipinski definition) is 2. The van der Waals surface area contributed by atoms with Gasteiger partial charge in [0, 0.05) is 19.0 Å². The first kappa shape index (κ1) is 11.4. The Morgan fingerprint density at radius 3 is 2.94 bits per heavy atom. The molecule has 0 bridgehead atoms. The van der Waals surface area contributed by atoms with Gasteiger partial charge >= 0.3 is 0 Å². The maximum Gasteiger partial charge on any atom is 0.279 e. The Bertz CT molecular complexity index is 580. The van der Waals surface area contributed by atoms with Gasteiger partial charge in [-0.05, 0) is 28.8 Å². The van der Waals surface area contributed by atoms with E-state index in [-0.39, 0.29) is 5.91 Å². The lowest BCUT2D eigenvalue weighted by molar-refractivity contribution is 0.102. The third-order valence-corrected chi connectivity index (χ3v) is 3.56. The third kappa shape index (κ3) is 2.03. The Hall–Kier alpha value is -1.70. The molecule has 0 spiro atoms. The van der Waals surface area contributed by atoms with E-state index >= 15 is 0 Å². The van der Waals surface area contributed by atoms with Gasteiger partial charge in [0.2, 0.25) is 0 Å². The number of carbonyl (C=O) groups is 1. The quantitative estimate of drug-likeness (QED) is 0.897. The highest BCUT2D eigenvalue weighted by Crippen LogP contribution is 2.40. The monoisotopic (exact) mass is 310 g/mol. The highest BCUT2D eigenvalue weighted by atomic mass is 79.9. The fourth-order valence-electron chi connectivity index (χ4n) is 1.73. The van der Waals surface area contributed by atoms with E-state index in [1.165, 1.54) is 0 Å². The fourth-order valence-corrected chi connectivity index (χ4v) is 2.02. The van der Waals surface area contributed by atoms with Crippen molar-refractivity contribution in [2.24, 2.45) is 7.05 Å². The average Bonchev–Trinajstić information content (AvgIpc) is 2.96. The molecule has 0 radical (unpaired) electrons. The van der Waals surface area contributed by atoms with Crippen LogP contribution in [0, 0.1) is 0 Å². The number of anilines is 1. The molecule has 0 atom stereocenters. The van der Waals surface area contributed by atoms with Crippen LogP contribution in [0.3, 0.4) is 0 Å². The minimum absolute atomic E-state index is 0.281. The molecule has 1 aliphatic carbocycles. The summed E-state index contributed by atoms with van der Waals surface area (Å²) in [6.07, 6.45) is 2.14. The Morgan fingerprint density at radius 2 is 2.33 bits per heavy atom. The molecule has 2 N–H and O–H groups in total. The molecule has 3 rings (SSSR count). The first-order chi connectivity index (χ1) is 8.65. The van der Waals surface area contributed by atoms with Crippen LogP contribution in [0.4, 0.5) is 5.82 Å². The Kier molecular flexibility index (Phi) is 2.66. The molecule has 1 aliphatic rings. The van der Waals surface area contributed by atoms with Crippen LogP contribution in [0.1, 0.15) is 34.9 Å². The molecule has 8 heteroatoms. The summed E-state index contributed by atoms with van der Waals surface area (Å²) in [5, 5.41) is 17.3. The number of carbonyl (C=O) groups excluding carboxylic acids is 1. The van der Waals surface area contributed by atoms with E-state index in [1.807, 2.05) is 0 Å². The van der Waals surface area contributed by atoms with E-state index < -0.39 is 0 Å². The standard InChI is InChI=1S/C10H11BrN6O/c1-17-6(11)4-7(15-17)12-10(18)9-8(5-2-3-5)13-16-14-9/h4-5H,2-3H2,1H3,(H,12,15,18)(H,13,14,16). The zero-order valence-electron chi connectivity index (χ0n) is 9.64. The SMILES string of the molecule is Cn1nc(NC(=O)c2n[nH]nc2C2CC2)cc1Br. The van der Waals surface area contributed by atoms with Crippen molar-refractivity contribution in [3.8, 4) is 0 Å². The summed E-state index contributed by atoms with van der Waals surface area (Å²) < 4.78 is 2.42. The molecule has 2 aromatic heterocycles. The predicted octanol–water partition coefficient (Wildman–Crippen LogP) is 1.43. The van der Waals surface area contributed by atoms with Gasteiger partial charge in [0.05, 0.1) is 5.69 Å². The van der Waals surface area contributed by atoms with Gasteiger partial charge in [-0.2, -0.15) is 20.5 Å². The van der Waals surface area contributed by atoms with Gasteiger partial charge in [0.25, 0.3) is 5.91 Å². The molecule has 2 heterocycles. The molecule has 0 aromatic carbocycles. The van der Waals surface area contributed by atoms with Crippen molar-refractivity contribution < 1.29 is 4.79 Å². The topological polar surface area (TPSA) is 88.5 Å². The zero-order valence-corrected chi connectivity index (χ0v) is 11.2. The van der Waals surface area contributed by atoms with Crippen LogP contribution in [0.25, 0.3) is 0 Å². The van der Waals surface area contributed by atoms with Crippen molar-refractivity contribution in [2.75, 3.05) is 5.32 Å². The number of H-pyrrole nitrogens is 1. The summed E-state index contributed by atoms with van der Waals surface area (Å²) >= 11 is 3.32. The summed E-state index contributed by atoms with van der Waals surface area (Å²) in [5.74, 6) is 0.579. The molecule has 0 unspecified atom stereocenters. The number of nitrogens with zero attached hydrogens (tertiary/aromatic N) is 4. The molecule has 18 heavy (non-hydrogen) atoms. The highest BCUT2D eigenvalue weighted by molar-refractivity contribution is 9.10. The zero-order chi connectivity index (χ0) is 12.7. The fraction of sp³-hybridized carbons (Fsp3) is 0.400. The van der Waals surface area contributed by atoms with E-state index in [4.69, 9.17) is 0 Å². The minimum atomic E-state index is -0.281. The van der Waals surface area contributed by atoms with Gasteiger partial charge < -0.3 is 5.32 Å². The minimum Gasteiger partial charge on any atom is -0.304 e. The number of halogens is 1. The van der Waals surface area contributed by atoms with E-state index in [9.17, 15) is 4.79 Å². The molecule has 1 amide bonds. The lowest BCUT2D eigenvalue weighted by atomic mass is 10.2. The van der Waals surface area contributed by atoms with Gasteiger partial charge in [-0.1, -0.05) is 0 Å². The van der Waals surface area contributed by atoms with Crippen molar-refractivity contribution >= 4 is 27.7 Å². The van der Waals surface area contributed by atoms with Crippen LogP contribution < -0.4 is 5.32 Å². The first-order valence-electron chi connectivity index (χ1n) is 5.56. The second-order valence-corrected chi connectivity index (χ2v) is 5.07. The van der Waals surface area contributed by atoms with E-state index in [2.05, 4.69) is 41.8 Å². The normalized spacial score (nSPS) is 14.8. The number of hydrogen-bond acceptors (Lipinski definition) is 4. The number of amides is 1. The summed E-state index contributed by atoms with van der Waals surface area (Å²) in [7, 11) is 1.78. The predicted molar refractivity (Wildman–Crippen MR) is 67.2 cm³/mol. The molecule has 7 nitrogen and oxygen atoms in total. The van der Waals surface area contributed by atoms with Crippen LogP contribution in [0.2, 0.25) is 0 Å². The lowest BCUT2D eigenvalue weighted by Crippen LogP contribution is -2.15. The second kappa shape index (κ2) is 4.20. The van der Waals surface area contributed by atoms with Gasteiger partial charge in [0.1, 0.15) is 4.60 Å². The second-order valence-electron chi connectivity index (χ2n) is 4.26. The van der Waals surface area contributed by atoms with Crippen molar-refractivity contribution in [1.82, 2.24) is 25.2 Å². The van der Waals surface area contributed by atoms with Crippen molar-refractivity contribution in [3.05, 3.63) is 22.1 Å². The number of aromatic amines is 1. The first-order valence-corrected chi connectivity index (χ1v) is 6.36. The number of rotatable bonds is 3. The van der Waals surface area contributed by atoms with Gasteiger partial charge in [-0.25, -0.2) is 0 Å². The maximum absolute atomic E-state index is 12.1. The molecular formula is C10H11BrN6O. The van der Waals surface area contributed by atoms with Crippen molar-refractivity contribution in [3.63, 3.8) is 0 Å². The molecule has 1 fully saturated rings. The Balaban J connectivity index is 1.80. The Morgan fingerprint density at radius 1 is 1.56 bits per heavy atom. The molecule has 0 aliphatic heterocycles. The largest absolute Gasteiger partial charge is 0.304 e. The van der Waals surface area contributed by atoms with Gasteiger partial charge in [-0.3, -0.25) is 9.48 Å². The van der Waals surface area contributed by atoms with Crippen LogP contribution >= 0.6 is 15.9 Å². The number of aromatic nitrogens is 5. The summed E-state index contributed by atoms with van der Waals surface area (Å²) in [6, 6.07) is 1.73. The summed E-state index contributed by atoms with van der Waals surface area (Å²) in [4.78, 5) is 12.1. The summed E-state index contributed by atoms with van der Waals surface area (Å²) in [6.45, 7) is 0. The van der Waals surface area contributed by atoms with Crippen LogP contribution in [-0.2, 0) is 7.05 Å². The maximum atomic E-state index is 12.1. The van der Waals surface area contributed by atoms with Gasteiger partial charge in [-0.15, -0.1) is 0 Å². The third-order valence-electron chi connectivity index (χ3n) is 2.82.